The zero-order valence-corrected chi connectivity index (χ0v) is 16.6. The maximum absolute atomic E-state index is 6.47. The maximum Gasteiger partial charge on any atom is 0.0761 e. The van der Waals surface area contributed by atoms with Crippen molar-refractivity contribution in [3.8, 4) is 0 Å². The number of hydrogen-bond acceptors (Lipinski definition) is 3. The molecular weight excluding hydrogens is 389 g/mol. The number of rotatable bonds is 3. The van der Waals surface area contributed by atoms with Crippen molar-refractivity contribution in [3.05, 3.63) is 76.9 Å². The van der Waals surface area contributed by atoms with E-state index in [1.165, 1.54) is 5.56 Å². The average Bonchev–Trinajstić information content (AvgIpc) is 2.99. The van der Waals surface area contributed by atoms with Gasteiger partial charge >= 0.3 is 0 Å². The molecule has 0 aliphatic carbocycles. The van der Waals surface area contributed by atoms with Gasteiger partial charge < -0.3 is 5.73 Å². The monoisotopic (exact) mass is 409 g/mol. The number of pyridine rings is 1. The molecular formula is C20H22Cl3N3. The van der Waals surface area contributed by atoms with E-state index in [-0.39, 0.29) is 30.9 Å². The lowest BCUT2D eigenvalue weighted by Crippen LogP contribution is -2.28. The third-order valence-corrected chi connectivity index (χ3v) is 5.23. The van der Waals surface area contributed by atoms with Gasteiger partial charge in [-0.1, -0.05) is 54.1 Å². The number of halogens is 3. The Labute approximate surface area is 171 Å². The molecule has 0 spiro atoms. The van der Waals surface area contributed by atoms with E-state index in [0.717, 1.165) is 41.1 Å². The van der Waals surface area contributed by atoms with E-state index in [1.807, 2.05) is 30.5 Å². The van der Waals surface area contributed by atoms with Gasteiger partial charge in [0.15, 0.2) is 0 Å². The van der Waals surface area contributed by atoms with Gasteiger partial charge in [-0.3, -0.25) is 9.88 Å². The number of nitrogens with two attached hydrogens (primary N) is 1. The van der Waals surface area contributed by atoms with Gasteiger partial charge in [0.05, 0.1) is 5.52 Å². The molecule has 1 aliphatic rings. The fourth-order valence-corrected chi connectivity index (χ4v) is 3.86. The predicted octanol–water partition coefficient (Wildman–Crippen LogP) is 4.66. The van der Waals surface area contributed by atoms with Crippen LogP contribution in [0.4, 0.5) is 0 Å². The minimum absolute atomic E-state index is 0. The predicted molar refractivity (Wildman–Crippen MR) is 114 cm³/mol. The lowest BCUT2D eigenvalue weighted by atomic mass is 9.95. The Morgan fingerprint density at radius 1 is 1.00 bits per heavy atom. The maximum atomic E-state index is 6.47. The van der Waals surface area contributed by atoms with Crippen LogP contribution in [-0.4, -0.2) is 29.0 Å². The molecule has 3 nitrogen and oxygen atoms in total. The molecule has 2 heterocycles. The molecule has 1 aromatic heterocycles. The highest BCUT2D eigenvalue weighted by molar-refractivity contribution is 6.32. The Balaban J connectivity index is 0.00000121. The van der Waals surface area contributed by atoms with E-state index in [4.69, 9.17) is 17.3 Å². The first-order valence-electron chi connectivity index (χ1n) is 8.27. The average molecular weight is 411 g/mol. The standard InChI is InChI=1S/C20H20ClN3.2ClH/c21-18-9-8-15-7-4-10-23-20(15)17(18)12-24-11-16(19(22)13-24)14-5-2-1-3-6-14;;/h1-10,16,19H,11-13,22H2;2*1H/t16-,19+;;/m0../s1. The van der Waals surface area contributed by atoms with E-state index in [2.05, 4.69) is 40.2 Å². The molecule has 26 heavy (non-hydrogen) atoms. The minimum Gasteiger partial charge on any atom is -0.326 e. The van der Waals surface area contributed by atoms with E-state index < -0.39 is 0 Å². The lowest BCUT2D eigenvalue weighted by molar-refractivity contribution is 0.325. The molecule has 0 radical (unpaired) electrons. The summed E-state index contributed by atoms with van der Waals surface area (Å²) in [6.45, 7) is 2.61. The Kier molecular flexibility index (Phi) is 7.27. The number of benzene rings is 2. The van der Waals surface area contributed by atoms with Gasteiger partial charge in [0.25, 0.3) is 0 Å². The molecule has 3 aromatic rings. The molecule has 1 saturated heterocycles. The normalized spacial score (nSPS) is 19.8. The van der Waals surface area contributed by atoms with Gasteiger partial charge in [-0.2, -0.15) is 0 Å². The highest BCUT2D eigenvalue weighted by Crippen LogP contribution is 2.31. The van der Waals surface area contributed by atoms with Crippen molar-refractivity contribution in [3.63, 3.8) is 0 Å². The van der Waals surface area contributed by atoms with Crippen LogP contribution in [0.5, 0.6) is 0 Å². The highest BCUT2D eigenvalue weighted by atomic mass is 35.5. The van der Waals surface area contributed by atoms with Gasteiger partial charge in [-0.05, 0) is 17.7 Å². The molecule has 6 heteroatoms. The molecule has 0 amide bonds. The van der Waals surface area contributed by atoms with Crippen LogP contribution >= 0.6 is 36.4 Å². The first-order valence-corrected chi connectivity index (χ1v) is 8.65. The van der Waals surface area contributed by atoms with E-state index >= 15 is 0 Å². The van der Waals surface area contributed by atoms with Gasteiger partial charge in [-0.25, -0.2) is 0 Å². The zero-order valence-electron chi connectivity index (χ0n) is 14.2. The van der Waals surface area contributed by atoms with Crippen molar-refractivity contribution in [1.29, 1.82) is 0 Å². The molecule has 2 aromatic carbocycles. The lowest BCUT2D eigenvalue weighted by Gasteiger charge is -2.18. The SMILES string of the molecule is Cl.Cl.N[C@@H]1CN(Cc2c(Cl)ccc3cccnc23)C[C@H]1c1ccccc1. The Morgan fingerprint density at radius 3 is 2.54 bits per heavy atom. The van der Waals surface area contributed by atoms with E-state index in [1.54, 1.807) is 0 Å². The van der Waals surface area contributed by atoms with Crippen LogP contribution in [0.3, 0.4) is 0 Å². The molecule has 138 valence electrons. The largest absolute Gasteiger partial charge is 0.326 e. The summed E-state index contributed by atoms with van der Waals surface area (Å²) in [4.78, 5) is 6.92. The molecule has 1 fully saturated rings. The number of hydrogen-bond donors (Lipinski definition) is 1. The summed E-state index contributed by atoms with van der Waals surface area (Å²) in [5.74, 6) is 0.368. The fourth-order valence-electron chi connectivity index (χ4n) is 3.65. The summed E-state index contributed by atoms with van der Waals surface area (Å²) >= 11 is 6.47. The second-order valence-electron chi connectivity index (χ2n) is 6.48. The van der Waals surface area contributed by atoms with Crippen LogP contribution < -0.4 is 5.73 Å². The number of likely N-dealkylation sites (tertiary alicyclic amines) is 1. The van der Waals surface area contributed by atoms with Crippen LogP contribution in [0.15, 0.2) is 60.8 Å². The molecule has 2 atom stereocenters. The third kappa shape index (κ3) is 4.13. The molecule has 0 saturated carbocycles. The summed E-state index contributed by atoms with van der Waals surface area (Å²) in [5, 5.41) is 1.90. The van der Waals surface area contributed by atoms with Crippen molar-refractivity contribution in [1.82, 2.24) is 9.88 Å². The van der Waals surface area contributed by atoms with Crippen LogP contribution in [0.1, 0.15) is 17.0 Å². The van der Waals surface area contributed by atoms with Crippen LogP contribution in [0.25, 0.3) is 10.9 Å². The van der Waals surface area contributed by atoms with Gasteiger partial charge in [0.2, 0.25) is 0 Å². The van der Waals surface area contributed by atoms with E-state index in [9.17, 15) is 0 Å². The first kappa shape index (κ1) is 20.9. The van der Waals surface area contributed by atoms with Crippen LogP contribution in [0, 0.1) is 0 Å². The molecule has 2 N–H and O–H groups in total. The summed E-state index contributed by atoms with van der Waals surface area (Å²) in [5.41, 5.74) is 9.81. The molecule has 4 rings (SSSR count). The summed E-state index contributed by atoms with van der Waals surface area (Å²) in [6.07, 6.45) is 1.82. The Morgan fingerprint density at radius 2 is 1.77 bits per heavy atom. The summed E-state index contributed by atoms with van der Waals surface area (Å²) in [7, 11) is 0. The van der Waals surface area contributed by atoms with Crippen molar-refractivity contribution in [2.24, 2.45) is 5.73 Å². The van der Waals surface area contributed by atoms with Crippen molar-refractivity contribution < 1.29 is 0 Å². The van der Waals surface area contributed by atoms with Crippen molar-refractivity contribution >= 4 is 47.3 Å². The quantitative estimate of drug-likeness (QED) is 0.683. The fraction of sp³-hybridized carbons (Fsp3) is 0.250. The Hall–Kier alpha value is -1.36. The highest BCUT2D eigenvalue weighted by Gasteiger charge is 2.31. The van der Waals surface area contributed by atoms with Crippen LogP contribution in [-0.2, 0) is 6.54 Å². The van der Waals surface area contributed by atoms with Crippen molar-refractivity contribution in [2.45, 2.75) is 18.5 Å². The second kappa shape index (κ2) is 9.03. The van der Waals surface area contributed by atoms with Gasteiger partial charge in [-0.15, -0.1) is 24.8 Å². The van der Waals surface area contributed by atoms with Crippen LogP contribution in [0.2, 0.25) is 5.02 Å². The first-order chi connectivity index (χ1) is 11.7. The third-order valence-electron chi connectivity index (χ3n) is 4.87. The van der Waals surface area contributed by atoms with Gasteiger partial charge in [0, 0.05) is 53.8 Å². The molecule has 0 unspecified atom stereocenters. The summed E-state index contributed by atoms with van der Waals surface area (Å²) < 4.78 is 0. The van der Waals surface area contributed by atoms with E-state index in [0.29, 0.717) is 5.92 Å². The number of aromatic nitrogens is 1. The summed E-state index contributed by atoms with van der Waals surface area (Å²) in [6, 6.07) is 18.7. The number of fused-ring (bicyclic) bond motifs is 1. The topological polar surface area (TPSA) is 42.1 Å². The van der Waals surface area contributed by atoms with Gasteiger partial charge in [0.1, 0.15) is 0 Å². The smallest absolute Gasteiger partial charge is 0.0761 e. The molecule has 1 aliphatic heterocycles. The minimum atomic E-state index is 0. The zero-order chi connectivity index (χ0) is 16.5. The molecule has 0 bridgehead atoms. The Bertz CT molecular complexity index is 857. The van der Waals surface area contributed by atoms with Crippen molar-refractivity contribution in [2.75, 3.05) is 13.1 Å². The second-order valence-corrected chi connectivity index (χ2v) is 6.88. The number of nitrogens with zero attached hydrogens (tertiary/aromatic N) is 2.